The molecule has 0 radical (unpaired) electrons. The second-order valence-electron chi connectivity index (χ2n) is 4.10. The molecule has 4 aromatic rings. The molecule has 0 aliphatic rings. The third-order valence-corrected chi connectivity index (χ3v) is 3.21. The number of para-hydroxylation sites is 1. The zero-order valence-corrected chi connectivity index (χ0v) is 8.62. The van der Waals surface area contributed by atoms with E-state index in [9.17, 15) is 0 Å². The number of fused-ring (bicyclic) bond motifs is 5. The molecule has 0 atom stereocenters. The van der Waals surface area contributed by atoms with Crippen LogP contribution in [0.25, 0.3) is 32.7 Å². The van der Waals surface area contributed by atoms with Gasteiger partial charge in [0.2, 0.25) is 0 Å². The third kappa shape index (κ3) is 0.865. The standard InChI is InChI=1S/C14H10N2/c1-2-4-12-10(3-1)11-6-5-9-7-8-15-13(9)14(11)16-12/h1-8,15-16H. The fourth-order valence-corrected chi connectivity index (χ4v) is 2.44. The van der Waals surface area contributed by atoms with Gasteiger partial charge in [0.25, 0.3) is 0 Å². The van der Waals surface area contributed by atoms with Gasteiger partial charge < -0.3 is 9.97 Å². The van der Waals surface area contributed by atoms with Crippen molar-refractivity contribution < 1.29 is 0 Å². The van der Waals surface area contributed by atoms with Crippen LogP contribution < -0.4 is 0 Å². The molecule has 16 heavy (non-hydrogen) atoms. The summed E-state index contributed by atoms with van der Waals surface area (Å²) in [6.07, 6.45) is 1.98. The Labute approximate surface area is 91.9 Å². The summed E-state index contributed by atoms with van der Waals surface area (Å²) in [5.41, 5.74) is 3.58. The van der Waals surface area contributed by atoms with E-state index in [-0.39, 0.29) is 0 Å². The monoisotopic (exact) mass is 206 g/mol. The molecule has 2 aromatic heterocycles. The van der Waals surface area contributed by atoms with Crippen molar-refractivity contribution in [1.82, 2.24) is 9.97 Å². The van der Waals surface area contributed by atoms with Crippen molar-refractivity contribution >= 4 is 32.7 Å². The molecule has 2 aromatic carbocycles. The summed E-state index contributed by atoms with van der Waals surface area (Å²) in [6.45, 7) is 0. The first kappa shape index (κ1) is 7.99. The first-order valence-electron chi connectivity index (χ1n) is 5.40. The normalized spacial score (nSPS) is 11.8. The van der Waals surface area contributed by atoms with Crippen molar-refractivity contribution in [2.75, 3.05) is 0 Å². The lowest BCUT2D eigenvalue weighted by Gasteiger charge is -1.92. The highest BCUT2D eigenvalue weighted by Crippen LogP contribution is 2.29. The maximum atomic E-state index is 3.48. The lowest BCUT2D eigenvalue weighted by atomic mass is 10.1. The quantitative estimate of drug-likeness (QED) is 0.438. The Kier molecular flexibility index (Phi) is 1.33. The maximum absolute atomic E-state index is 3.48. The summed E-state index contributed by atoms with van der Waals surface area (Å²) < 4.78 is 0. The smallest absolute Gasteiger partial charge is 0.0710 e. The number of H-pyrrole nitrogens is 2. The van der Waals surface area contributed by atoms with Crippen LogP contribution in [0.3, 0.4) is 0 Å². The van der Waals surface area contributed by atoms with Crippen LogP contribution in [0.5, 0.6) is 0 Å². The molecule has 0 fully saturated rings. The lowest BCUT2D eigenvalue weighted by Crippen LogP contribution is -1.71. The highest BCUT2D eigenvalue weighted by molar-refractivity contribution is 6.15. The minimum absolute atomic E-state index is 1.19. The van der Waals surface area contributed by atoms with E-state index in [1.807, 2.05) is 6.20 Å². The molecule has 0 amide bonds. The van der Waals surface area contributed by atoms with Gasteiger partial charge in [0.05, 0.1) is 11.0 Å². The summed E-state index contributed by atoms with van der Waals surface area (Å²) in [7, 11) is 0. The van der Waals surface area contributed by atoms with Crippen LogP contribution in [0, 0.1) is 0 Å². The van der Waals surface area contributed by atoms with Gasteiger partial charge in [-0.25, -0.2) is 0 Å². The van der Waals surface area contributed by atoms with Crippen molar-refractivity contribution in [3.05, 3.63) is 48.7 Å². The van der Waals surface area contributed by atoms with Crippen LogP contribution in [0.4, 0.5) is 0 Å². The van der Waals surface area contributed by atoms with Crippen LogP contribution in [0.1, 0.15) is 0 Å². The zero-order valence-electron chi connectivity index (χ0n) is 8.62. The van der Waals surface area contributed by atoms with Crippen molar-refractivity contribution in [2.45, 2.75) is 0 Å². The minimum atomic E-state index is 1.19. The van der Waals surface area contributed by atoms with E-state index in [1.54, 1.807) is 0 Å². The number of nitrogens with one attached hydrogen (secondary N) is 2. The second-order valence-corrected chi connectivity index (χ2v) is 4.10. The summed E-state index contributed by atoms with van der Waals surface area (Å²) in [5, 5.41) is 3.82. The SMILES string of the molecule is c1ccc2c(c1)[nH]c1c2ccc2cc[nH]c21. The van der Waals surface area contributed by atoms with Crippen LogP contribution >= 0.6 is 0 Å². The van der Waals surface area contributed by atoms with Crippen LogP contribution in [0.15, 0.2) is 48.7 Å². The first-order chi connectivity index (χ1) is 7.93. The highest BCUT2D eigenvalue weighted by Gasteiger charge is 2.06. The van der Waals surface area contributed by atoms with E-state index < -0.39 is 0 Å². The molecule has 76 valence electrons. The highest BCUT2D eigenvalue weighted by atomic mass is 14.8. The predicted molar refractivity (Wildman–Crippen MR) is 67.7 cm³/mol. The average Bonchev–Trinajstić information content (AvgIpc) is 2.92. The van der Waals surface area contributed by atoms with Crippen LogP contribution in [-0.2, 0) is 0 Å². The van der Waals surface area contributed by atoms with E-state index in [0.717, 1.165) is 0 Å². The number of hydrogen-bond donors (Lipinski definition) is 2. The Morgan fingerprint density at radius 2 is 1.69 bits per heavy atom. The third-order valence-electron chi connectivity index (χ3n) is 3.21. The Bertz CT molecular complexity index is 805. The van der Waals surface area contributed by atoms with E-state index in [2.05, 4.69) is 52.4 Å². The first-order valence-corrected chi connectivity index (χ1v) is 5.40. The summed E-state index contributed by atoms with van der Waals surface area (Å²) in [6, 6.07) is 14.9. The Hall–Kier alpha value is -2.22. The number of aromatic nitrogens is 2. The number of rotatable bonds is 0. The van der Waals surface area contributed by atoms with Crippen molar-refractivity contribution in [3.8, 4) is 0 Å². The summed E-state index contributed by atoms with van der Waals surface area (Å²) in [4.78, 5) is 6.77. The van der Waals surface area contributed by atoms with Gasteiger partial charge in [-0.3, -0.25) is 0 Å². The molecular weight excluding hydrogens is 196 g/mol. The van der Waals surface area contributed by atoms with Gasteiger partial charge >= 0.3 is 0 Å². The molecule has 0 unspecified atom stereocenters. The molecule has 0 saturated carbocycles. The van der Waals surface area contributed by atoms with Gasteiger partial charge in [-0.1, -0.05) is 30.3 Å². The number of aromatic amines is 2. The summed E-state index contributed by atoms with van der Waals surface area (Å²) >= 11 is 0. The van der Waals surface area contributed by atoms with E-state index in [0.29, 0.717) is 0 Å². The van der Waals surface area contributed by atoms with Gasteiger partial charge in [0.15, 0.2) is 0 Å². The van der Waals surface area contributed by atoms with Gasteiger partial charge in [0.1, 0.15) is 0 Å². The molecule has 0 bridgehead atoms. The van der Waals surface area contributed by atoms with Crippen molar-refractivity contribution in [1.29, 1.82) is 0 Å². The second kappa shape index (κ2) is 2.67. The predicted octanol–water partition coefficient (Wildman–Crippen LogP) is 3.80. The van der Waals surface area contributed by atoms with Crippen LogP contribution in [0.2, 0.25) is 0 Å². The van der Waals surface area contributed by atoms with Gasteiger partial charge in [-0.05, 0) is 12.1 Å². The topological polar surface area (TPSA) is 31.6 Å². The number of hydrogen-bond acceptors (Lipinski definition) is 0. The minimum Gasteiger partial charge on any atom is -0.359 e. The van der Waals surface area contributed by atoms with E-state index >= 15 is 0 Å². The molecule has 2 nitrogen and oxygen atoms in total. The summed E-state index contributed by atoms with van der Waals surface area (Å²) in [5.74, 6) is 0. The molecule has 0 aliphatic carbocycles. The van der Waals surface area contributed by atoms with E-state index in [1.165, 1.54) is 32.7 Å². The van der Waals surface area contributed by atoms with E-state index in [4.69, 9.17) is 0 Å². The molecule has 0 saturated heterocycles. The lowest BCUT2D eigenvalue weighted by molar-refractivity contribution is 1.47. The molecular formula is C14H10N2. The van der Waals surface area contributed by atoms with Crippen molar-refractivity contribution in [2.24, 2.45) is 0 Å². The van der Waals surface area contributed by atoms with Crippen LogP contribution in [-0.4, -0.2) is 9.97 Å². The van der Waals surface area contributed by atoms with Gasteiger partial charge in [0, 0.05) is 27.9 Å². The average molecular weight is 206 g/mol. The molecule has 0 aliphatic heterocycles. The number of benzene rings is 2. The zero-order chi connectivity index (χ0) is 10.5. The molecule has 2 heteroatoms. The Morgan fingerprint density at radius 3 is 2.69 bits per heavy atom. The van der Waals surface area contributed by atoms with Crippen molar-refractivity contribution in [3.63, 3.8) is 0 Å². The molecule has 2 heterocycles. The fourth-order valence-electron chi connectivity index (χ4n) is 2.44. The molecule has 0 spiro atoms. The fraction of sp³-hybridized carbons (Fsp3) is 0. The van der Waals surface area contributed by atoms with Gasteiger partial charge in [-0.15, -0.1) is 0 Å². The Balaban J connectivity index is 2.38. The maximum Gasteiger partial charge on any atom is 0.0710 e. The molecule has 2 N–H and O–H groups in total. The Morgan fingerprint density at radius 1 is 0.750 bits per heavy atom. The molecule has 4 rings (SSSR count). The largest absolute Gasteiger partial charge is 0.359 e. The van der Waals surface area contributed by atoms with Gasteiger partial charge in [-0.2, -0.15) is 0 Å².